The number of aromatic carboxylic acids is 1. The molecule has 2 aliphatic rings. The van der Waals surface area contributed by atoms with Crippen molar-refractivity contribution in [2.24, 2.45) is 11.1 Å². The van der Waals surface area contributed by atoms with E-state index >= 15 is 0 Å². The Morgan fingerprint density at radius 3 is 2.78 bits per heavy atom. The summed E-state index contributed by atoms with van der Waals surface area (Å²) in [5, 5.41) is 32.9. The van der Waals surface area contributed by atoms with Gasteiger partial charge in [-0.25, -0.2) is 4.79 Å². The fourth-order valence-electron chi connectivity index (χ4n) is 4.91. The number of allylic oxidation sites excluding steroid dienone is 3. The minimum absolute atomic E-state index is 0.0195. The summed E-state index contributed by atoms with van der Waals surface area (Å²) in [6.45, 7) is 4.04. The molecular formula is C27H23ClN6O4S3. The second kappa shape index (κ2) is 11.3. The van der Waals surface area contributed by atoms with Crippen LogP contribution in [0, 0.1) is 16.7 Å². The number of nitrogens with one attached hydrogen (secondary N) is 1. The molecule has 5 rings (SSSR count). The van der Waals surface area contributed by atoms with E-state index in [-0.39, 0.29) is 44.8 Å². The molecule has 10 nitrogen and oxygen atoms in total. The van der Waals surface area contributed by atoms with Crippen LogP contribution in [0.3, 0.4) is 0 Å². The third-order valence-corrected chi connectivity index (χ3v) is 9.91. The molecule has 1 aromatic carbocycles. The van der Waals surface area contributed by atoms with E-state index in [0.717, 1.165) is 16.6 Å². The van der Waals surface area contributed by atoms with Gasteiger partial charge >= 0.3 is 5.97 Å². The van der Waals surface area contributed by atoms with Gasteiger partial charge in [-0.3, -0.25) is 14.5 Å². The lowest BCUT2D eigenvalue weighted by atomic mass is 9.70. The van der Waals surface area contributed by atoms with Crippen LogP contribution in [0.1, 0.15) is 47.8 Å². The summed E-state index contributed by atoms with van der Waals surface area (Å²) in [7, 11) is 0. The van der Waals surface area contributed by atoms with Crippen LogP contribution in [0.2, 0.25) is 5.02 Å². The number of thioether (sulfide) groups is 1. The number of benzene rings is 1. The molecule has 14 heteroatoms. The average Bonchev–Trinajstić information content (AvgIpc) is 3.60. The predicted molar refractivity (Wildman–Crippen MR) is 159 cm³/mol. The lowest BCUT2D eigenvalue weighted by molar-refractivity contribution is -0.118. The standard InChI is InChI=1S/C27H23ClN6O4S3/c1-27(2)9-17-22(18(35)10-27)21(19-4-3-7-39-19)15(11-29)23(30)34(17)25-32-33-26(41-25)40-12-20(36)31-13-5-6-16(28)14(8-13)24(37)38/h3-8,21H,9-10,12,30H2,1-2H3,(H,31,36)(H,37,38). The monoisotopic (exact) mass is 626 g/mol. The number of carbonyl (C=O) groups excluding carboxylic acids is 2. The largest absolute Gasteiger partial charge is 0.478 e. The molecule has 0 fully saturated rings. The molecule has 41 heavy (non-hydrogen) atoms. The number of hydrogen-bond donors (Lipinski definition) is 3. The third kappa shape index (κ3) is 5.73. The summed E-state index contributed by atoms with van der Waals surface area (Å²) in [6, 6.07) is 10.2. The van der Waals surface area contributed by atoms with Crippen LogP contribution in [0.4, 0.5) is 10.8 Å². The number of ketones is 1. The fourth-order valence-corrected chi connectivity index (χ4v) is 7.63. The van der Waals surface area contributed by atoms with E-state index in [9.17, 15) is 24.8 Å². The zero-order valence-electron chi connectivity index (χ0n) is 21.8. The van der Waals surface area contributed by atoms with Crippen molar-refractivity contribution in [1.29, 1.82) is 5.26 Å². The molecule has 2 aromatic heterocycles. The molecule has 0 saturated heterocycles. The van der Waals surface area contributed by atoms with Gasteiger partial charge in [-0.15, -0.1) is 21.5 Å². The van der Waals surface area contributed by atoms with Crippen LogP contribution >= 0.6 is 46.0 Å². The number of nitriles is 1. The number of hydrogen-bond acceptors (Lipinski definition) is 11. The number of Topliss-reactive ketones (excluding diaryl/α,β-unsaturated/α-hetero) is 1. The van der Waals surface area contributed by atoms with Crippen molar-refractivity contribution >= 4 is 74.5 Å². The highest BCUT2D eigenvalue weighted by molar-refractivity contribution is 8.01. The van der Waals surface area contributed by atoms with E-state index < -0.39 is 11.9 Å². The molecule has 0 radical (unpaired) electrons. The van der Waals surface area contributed by atoms with Crippen molar-refractivity contribution in [2.45, 2.75) is 36.9 Å². The first kappa shape index (κ1) is 28.8. The van der Waals surface area contributed by atoms with Crippen LogP contribution in [0.5, 0.6) is 0 Å². The first-order valence-corrected chi connectivity index (χ1v) is 15.3. The van der Waals surface area contributed by atoms with Gasteiger partial charge in [-0.2, -0.15) is 5.26 Å². The van der Waals surface area contributed by atoms with Crippen molar-refractivity contribution < 1.29 is 19.5 Å². The summed E-state index contributed by atoms with van der Waals surface area (Å²) in [4.78, 5) is 40.0. The number of thiophene rings is 1. The number of anilines is 2. The van der Waals surface area contributed by atoms with E-state index in [2.05, 4.69) is 21.6 Å². The maximum atomic E-state index is 13.5. The lowest BCUT2D eigenvalue weighted by Gasteiger charge is -2.42. The van der Waals surface area contributed by atoms with E-state index in [1.807, 2.05) is 31.4 Å². The Hall–Kier alpha value is -3.70. The minimum Gasteiger partial charge on any atom is -0.478 e. The van der Waals surface area contributed by atoms with Crippen molar-refractivity contribution in [3.63, 3.8) is 0 Å². The molecule has 4 N–H and O–H groups in total. The highest BCUT2D eigenvalue weighted by Crippen LogP contribution is 2.51. The molecule has 1 amide bonds. The summed E-state index contributed by atoms with van der Waals surface area (Å²) in [6.07, 6.45) is 0.910. The Morgan fingerprint density at radius 1 is 1.32 bits per heavy atom. The normalized spacial score (nSPS) is 18.2. The number of amides is 1. The van der Waals surface area contributed by atoms with Gasteiger partial charge in [0.25, 0.3) is 0 Å². The molecule has 3 aromatic rings. The fraction of sp³-hybridized carbons (Fsp3) is 0.259. The lowest BCUT2D eigenvalue weighted by Crippen LogP contribution is -2.42. The molecular weight excluding hydrogens is 604 g/mol. The zero-order valence-corrected chi connectivity index (χ0v) is 25.0. The van der Waals surface area contributed by atoms with Crippen molar-refractivity contribution in [1.82, 2.24) is 10.2 Å². The summed E-state index contributed by atoms with van der Waals surface area (Å²) >= 11 is 9.71. The second-order valence-corrected chi connectivity index (χ2v) is 13.7. The van der Waals surface area contributed by atoms with Crippen molar-refractivity contribution in [2.75, 3.05) is 16.0 Å². The van der Waals surface area contributed by atoms with Gasteiger partial charge in [0.2, 0.25) is 11.0 Å². The van der Waals surface area contributed by atoms with Gasteiger partial charge in [-0.1, -0.05) is 54.6 Å². The highest BCUT2D eigenvalue weighted by atomic mass is 35.5. The molecule has 0 bridgehead atoms. The Labute approximate surface area is 252 Å². The van der Waals surface area contributed by atoms with Gasteiger partial charge in [0.1, 0.15) is 5.82 Å². The smallest absolute Gasteiger partial charge is 0.337 e. The number of carboxylic acids is 1. The third-order valence-electron chi connectivity index (χ3n) is 6.60. The van der Waals surface area contributed by atoms with E-state index in [4.69, 9.17) is 17.3 Å². The molecule has 1 atom stereocenters. The van der Waals surface area contributed by atoms with Crippen molar-refractivity contribution in [3.05, 3.63) is 73.8 Å². The second-order valence-electron chi connectivity index (χ2n) is 10.2. The number of halogens is 1. The van der Waals surface area contributed by atoms with Crippen LogP contribution in [-0.4, -0.2) is 38.7 Å². The van der Waals surface area contributed by atoms with Crippen LogP contribution in [0.15, 0.2) is 62.7 Å². The van der Waals surface area contributed by atoms with Gasteiger partial charge in [0.15, 0.2) is 10.1 Å². The number of rotatable bonds is 7. The summed E-state index contributed by atoms with van der Waals surface area (Å²) in [5.41, 5.74) is 8.05. The van der Waals surface area contributed by atoms with E-state index in [1.165, 1.54) is 40.9 Å². The SMILES string of the molecule is CC1(C)CC(=O)C2=C(C1)N(c1nnc(SCC(=O)Nc3ccc(Cl)c(C(=O)O)c3)s1)C(N)=C(C#N)C2c1cccs1. The maximum absolute atomic E-state index is 13.5. The average molecular weight is 627 g/mol. The van der Waals surface area contributed by atoms with E-state index in [0.29, 0.717) is 39.3 Å². The molecule has 210 valence electrons. The Balaban J connectivity index is 1.40. The number of carbonyl (C=O) groups is 3. The van der Waals surface area contributed by atoms with Crippen LogP contribution in [0.25, 0.3) is 0 Å². The zero-order chi connectivity index (χ0) is 29.5. The summed E-state index contributed by atoms with van der Waals surface area (Å²) < 4.78 is 0.479. The predicted octanol–water partition coefficient (Wildman–Crippen LogP) is 5.62. The van der Waals surface area contributed by atoms with Gasteiger partial charge in [-0.05, 0) is 41.5 Å². The molecule has 1 unspecified atom stereocenters. The number of nitrogens with two attached hydrogens (primary N) is 1. The highest BCUT2D eigenvalue weighted by Gasteiger charge is 2.45. The molecule has 1 aliphatic heterocycles. The van der Waals surface area contributed by atoms with Gasteiger partial charge in [0, 0.05) is 28.3 Å². The van der Waals surface area contributed by atoms with Gasteiger partial charge < -0.3 is 16.2 Å². The van der Waals surface area contributed by atoms with Gasteiger partial charge in [0.05, 0.1) is 33.9 Å². The molecule has 3 heterocycles. The topological polar surface area (TPSA) is 162 Å². The first-order chi connectivity index (χ1) is 19.5. The molecule has 0 spiro atoms. The Kier molecular flexibility index (Phi) is 7.93. The number of carboxylic acid groups (broad SMARTS) is 1. The van der Waals surface area contributed by atoms with Crippen LogP contribution in [-0.2, 0) is 9.59 Å². The summed E-state index contributed by atoms with van der Waals surface area (Å²) in [5.74, 6) is -1.95. The Morgan fingerprint density at radius 2 is 2.10 bits per heavy atom. The molecule has 1 aliphatic carbocycles. The van der Waals surface area contributed by atoms with E-state index in [1.54, 1.807) is 4.90 Å². The maximum Gasteiger partial charge on any atom is 0.337 e. The minimum atomic E-state index is -1.20. The van der Waals surface area contributed by atoms with Crippen molar-refractivity contribution in [3.8, 4) is 6.07 Å². The first-order valence-electron chi connectivity index (χ1n) is 12.3. The number of nitrogens with zero attached hydrogens (tertiary/aromatic N) is 4. The quantitative estimate of drug-likeness (QED) is 0.280. The van der Waals surface area contributed by atoms with Crippen LogP contribution < -0.4 is 16.0 Å². The Bertz CT molecular complexity index is 1670. The number of aromatic nitrogens is 2. The molecule has 0 saturated carbocycles.